The van der Waals surface area contributed by atoms with E-state index >= 15 is 0 Å². The molecule has 0 aromatic carbocycles. The zero-order chi connectivity index (χ0) is 15.2. The molecule has 1 aromatic rings. The summed E-state index contributed by atoms with van der Waals surface area (Å²) in [5.41, 5.74) is -0.550. The van der Waals surface area contributed by atoms with Crippen LogP contribution in [0.4, 0.5) is 4.79 Å². The molecule has 3 rings (SSSR count). The lowest BCUT2D eigenvalue weighted by Crippen LogP contribution is -2.50. The Hall–Kier alpha value is -1.63. The summed E-state index contributed by atoms with van der Waals surface area (Å²) < 4.78 is 0. The molecular weight excluding hydrogens is 290 g/mol. The third-order valence-electron chi connectivity index (χ3n) is 4.47. The molecule has 21 heavy (non-hydrogen) atoms. The third-order valence-corrected chi connectivity index (χ3v) is 5.57. The van der Waals surface area contributed by atoms with Crippen molar-refractivity contribution in [1.82, 2.24) is 15.2 Å². The Kier molecular flexibility index (Phi) is 3.39. The van der Waals surface area contributed by atoms with Crippen molar-refractivity contribution in [1.29, 1.82) is 0 Å². The summed E-state index contributed by atoms with van der Waals surface area (Å²) in [4.78, 5) is 29.8. The van der Waals surface area contributed by atoms with E-state index in [1.807, 2.05) is 19.2 Å². The van der Waals surface area contributed by atoms with Crippen molar-refractivity contribution in [2.45, 2.75) is 50.7 Å². The van der Waals surface area contributed by atoms with Crippen LogP contribution in [0.3, 0.4) is 0 Å². The van der Waals surface area contributed by atoms with Gasteiger partial charge >= 0.3 is 12.0 Å². The third kappa shape index (κ3) is 2.39. The van der Waals surface area contributed by atoms with E-state index in [9.17, 15) is 14.7 Å². The monoisotopic (exact) mass is 309 g/mol. The molecule has 6 nitrogen and oxygen atoms in total. The quantitative estimate of drug-likeness (QED) is 0.895. The van der Waals surface area contributed by atoms with Crippen LogP contribution >= 0.6 is 11.3 Å². The van der Waals surface area contributed by atoms with Crippen molar-refractivity contribution in [3.05, 3.63) is 16.6 Å². The largest absolute Gasteiger partial charge is 0.481 e. The van der Waals surface area contributed by atoms with Gasteiger partial charge in [-0.2, -0.15) is 0 Å². The predicted octanol–water partition coefficient (Wildman–Crippen LogP) is 2.03. The van der Waals surface area contributed by atoms with Crippen molar-refractivity contribution < 1.29 is 14.7 Å². The number of carbonyl (C=O) groups excluding carboxylic acids is 1. The van der Waals surface area contributed by atoms with Crippen LogP contribution in [-0.2, 0) is 10.3 Å². The lowest BCUT2D eigenvalue weighted by Gasteiger charge is -2.30. The second-order valence-electron chi connectivity index (χ2n) is 6.28. The van der Waals surface area contributed by atoms with Crippen LogP contribution in [0, 0.1) is 5.92 Å². The van der Waals surface area contributed by atoms with Gasteiger partial charge < -0.3 is 15.3 Å². The van der Waals surface area contributed by atoms with Crippen LogP contribution in [0.1, 0.15) is 38.1 Å². The molecule has 2 saturated heterocycles. The number of amides is 2. The van der Waals surface area contributed by atoms with Crippen molar-refractivity contribution in [2.24, 2.45) is 5.92 Å². The highest BCUT2D eigenvalue weighted by Gasteiger charge is 2.52. The Morgan fingerprint density at radius 2 is 2.24 bits per heavy atom. The maximum Gasteiger partial charge on any atom is 0.318 e. The molecule has 0 aliphatic carbocycles. The average molecular weight is 309 g/mol. The van der Waals surface area contributed by atoms with E-state index in [-0.39, 0.29) is 18.1 Å². The van der Waals surface area contributed by atoms with Crippen LogP contribution in [0.5, 0.6) is 0 Å². The fraction of sp³-hybridized carbons (Fsp3) is 0.643. The smallest absolute Gasteiger partial charge is 0.318 e. The van der Waals surface area contributed by atoms with Gasteiger partial charge in [0.1, 0.15) is 5.01 Å². The number of fused-ring (bicyclic) bond motifs is 2. The molecule has 2 N–H and O–H groups in total. The van der Waals surface area contributed by atoms with E-state index in [0.717, 1.165) is 17.8 Å². The van der Waals surface area contributed by atoms with Gasteiger partial charge in [0, 0.05) is 23.7 Å². The van der Waals surface area contributed by atoms with Gasteiger partial charge in [0.05, 0.1) is 11.5 Å². The standard InChI is InChI=1S/C14H19N3O3S/c1-14(2,12-15-5-6-21-12)16-13(20)17-8-3-4-10(17)9(7-8)11(18)19/h5-6,8-10H,3-4,7H2,1-2H3,(H,16,20)(H,18,19). The van der Waals surface area contributed by atoms with Gasteiger partial charge in [0.25, 0.3) is 0 Å². The summed E-state index contributed by atoms with van der Waals surface area (Å²) in [5, 5.41) is 15.0. The second kappa shape index (κ2) is 4.98. The molecular formula is C14H19N3O3S. The molecule has 0 saturated carbocycles. The lowest BCUT2D eigenvalue weighted by molar-refractivity contribution is -0.142. The number of carboxylic acids is 1. The maximum atomic E-state index is 12.6. The molecule has 2 aliphatic rings. The van der Waals surface area contributed by atoms with Crippen LogP contribution in [0.15, 0.2) is 11.6 Å². The van der Waals surface area contributed by atoms with Crippen LogP contribution in [0.2, 0.25) is 0 Å². The number of carboxylic acid groups (broad SMARTS) is 1. The number of hydrogen-bond donors (Lipinski definition) is 2. The zero-order valence-corrected chi connectivity index (χ0v) is 12.9. The molecule has 3 atom stereocenters. The number of aromatic nitrogens is 1. The van der Waals surface area contributed by atoms with Gasteiger partial charge in [0.2, 0.25) is 0 Å². The normalized spacial score (nSPS) is 27.9. The summed E-state index contributed by atoms with van der Waals surface area (Å²) in [6.45, 7) is 3.83. The maximum absolute atomic E-state index is 12.6. The summed E-state index contributed by atoms with van der Waals surface area (Å²) in [6, 6.07) is -0.283. The number of urea groups is 1. The Bertz CT molecular complexity index is 558. The molecule has 0 radical (unpaired) electrons. The molecule has 3 unspecified atom stereocenters. The molecule has 1 aromatic heterocycles. The highest BCUT2D eigenvalue weighted by Crippen LogP contribution is 2.42. The first-order chi connectivity index (χ1) is 9.90. The molecule has 2 aliphatic heterocycles. The fourth-order valence-corrected chi connectivity index (χ4v) is 4.21. The topological polar surface area (TPSA) is 82.5 Å². The van der Waals surface area contributed by atoms with Gasteiger partial charge in [-0.15, -0.1) is 11.3 Å². The number of thiazole rings is 1. The Morgan fingerprint density at radius 1 is 1.48 bits per heavy atom. The first kappa shape index (κ1) is 14.3. The second-order valence-corrected chi connectivity index (χ2v) is 7.17. The molecule has 0 spiro atoms. The van der Waals surface area contributed by atoms with Crippen molar-refractivity contribution in [2.75, 3.05) is 0 Å². The predicted molar refractivity (Wildman–Crippen MR) is 78.1 cm³/mol. The number of aliphatic carboxylic acids is 1. The molecule has 2 amide bonds. The van der Waals surface area contributed by atoms with Gasteiger partial charge in [0.15, 0.2) is 0 Å². The fourth-order valence-electron chi connectivity index (χ4n) is 3.49. The van der Waals surface area contributed by atoms with Gasteiger partial charge in [-0.1, -0.05) is 0 Å². The Balaban J connectivity index is 1.73. The SMILES string of the molecule is CC(C)(NC(=O)N1C2CCC1C(C(=O)O)C2)c1nccs1. The number of carbonyl (C=O) groups is 2. The summed E-state index contributed by atoms with van der Waals surface area (Å²) in [6.07, 6.45) is 3.98. The van der Waals surface area contributed by atoms with Gasteiger partial charge in [-0.25, -0.2) is 9.78 Å². The van der Waals surface area contributed by atoms with Crippen molar-refractivity contribution in [3.8, 4) is 0 Å². The van der Waals surface area contributed by atoms with E-state index in [1.165, 1.54) is 11.3 Å². The van der Waals surface area contributed by atoms with E-state index in [1.54, 1.807) is 11.1 Å². The Morgan fingerprint density at radius 3 is 2.81 bits per heavy atom. The first-order valence-electron chi connectivity index (χ1n) is 7.13. The molecule has 3 heterocycles. The minimum Gasteiger partial charge on any atom is -0.481 e. The van der Waals surface area contributed by atoms with Crippen LogP contribution in [-0.4, -0.2) is 39.1 Å². The lowest BCUT2D eigenvalue weighted by atomic mass is 9.89. The van der Waals surface area contributed by atoms with Crippen molar-refractivity contribution in [3.63, 3.8) is 0 Å². The highest BCUT2D eigenvalue weighted by molar-refractivity contribution is 7.09. The Labute approximate surface area is 127 Å². The summed E-state index contributed by atoms with van der Waals surface area (Å²) in [5.74, 6) is -1.21. The number of hydrogen-bond acceptors (Lipinski definition) is 4. The number of nitrogens with zero attached hydrogens (tertiary/aromatic N) is 2. The first-order valence-corrected chi connectivity index (χ1v) is 8.01. The van der Waals surface area contributed by atoms with E-state index < -0.39 is 17.4 Å². The molecule has 2 fully saturated rings. The van der Waals surface area contributed by atoms with Gasteiger partial charge in [-0.3, -0.25) is 4.79 Å². The molecule has 7 heteroatoms. The van der Waals surface area contributed by atoms with E-state index in [0.29, 0.717) is 6.42 Å². The van der Waals surface area contributed by atoms with Crippen LogP contribution in [0.25, 0.3) is 0 Å². The average Bonchev–Trinajstić information content (AvgIpc) is 3.13. The molecule has 2 bridgehead atoms. The van der Waals surface area contributed by atoms with E-state index in [4.69, 9.17) is 0 Å². The summed E-state index contributed by atoms with van der Waals surface area (Å²) >= 11 is 1.50. The zero-order valence-electron chi connectivity index (χ0n) is 12.1. The highest BCUT2D eigenvalue weighted by atomic mass is 32.1. The van der Waals surface area contributed by atoms with Gasteiger partial charge in [-0.05, 0) is 33.1 Å². The minimum absolute atomic E-state index is 0.0585. The summed E-state index contributed by atoms with van der Waals surface area (Å²) in [7, 11) is 0. The minimum atomic E-state index is -0.792. The number of nitrogens with one attached hydrogen (secondary N) is 1. The molecule has 114 valence electrons. The van der Waals surface area contributed by atoms with E-state index in [2.05, 4.69) is 10.3 Å². The number of rotatable bonds is 3. The van der Waals surface area contributed by atoms with Crippen molar-refractivity contribution >= 4 is 23.3 Å². The van der Waals surface area contributed by atoms with Crippen LogP contribution < -0.4 is 5.32 Å².